The summed E-state index contributed by atoms with van der Waals surface area (Å²) in [5.41, 5.74) is 6.61. The van der Waals surface area contributed by atoms with Crippen molar-refractivity contribution < 1.29 is 67.4 Å². The van der Waals surface area contributed by atoms with Crippen LogP contribution in [0.5, 0.6) is 0 Å². The largest absolute Gasteiger partial charge is 0.397 e. The summed E-state index contributed by atoms with van der Waals surface area (Å²) in [4.78, 5) is -1.35. The van der Waals surface area contributed by atoms with E-state index in [1.54, 1.807) is 7.05 Å². The summed E-state index contributed by atoms with van der Waals surface area (Å²) in [6, 6.07) is 10.9. The van der Waals surface area contributed by atoms with Crippen LogP contribution in [0.2, 0.25) is 0 Å². The fourth-order valence-electron chi connectivity index (χ4n) is 3.54. The third-order valence-corrected chi connectivity index (χ3v) is 10.8. The Morgan fingerprint density at radius 1 is 0.714 bits per heavy atom. The van der Waals surface area contributed by atoms with Gasteiger partial charge in [0.15, 0.2) is 44.3 Å². The minimum absolute atomic E-state index is 0.0251. The van der Waals surface area contributed by atoms with E-state index < -0.39 is 63.4 Å². The molecule has 0 aromatic heterocycles. The van der Waals surface area contributed by atoms with Gasteiger partial charge >= 0.3 is 0 Å². The van der Waals surface area contributed by atoms with Gasteiger partial charge in [0.1, 0.15) is 22.0 Å². The van der Waals surface area contributed by atoms with E-state index in [2.05, 4.69) is 44.5 Å². The van der Waals surface area contributed by atoms with Crippen molar-refractivity contribution in [1.29, 1.82) is 0 Å². The van der Waals surface area contributed by atoms with E-state index in [-0.39, 0.29) is 58.9 Å². The van der Waals surface area contributed by atoms with Crippen LogP contribution < -0.4 is 11.1 Å². The van der Waals surface area contributed by atoms with Crippen molar-refractivity contribution in [3.63, 3.8) is 0 Å². The number of hydrogen-bond acceptors (Lipinski definition) is 22. The quantitative estimate of drug-likeness (QED) is 0.0193. The van der Waals surface area contributed by atoms with E-state index in [0.29, 0.717) is 11.8 Å². The Bertz CT molecular complexity index is 1960. The Balaban J connectivity index is 1.84. The number of nitrogen functional groups attached to an aromatic ring is 1. The van der Waals surface area contributed by atoms with Gasteiger partial charge < -0.3 is 11.1 Å². The van der Waals surface area contributed by atoms with Crippen LogP contribution in [-0.2, 0) is 56.9 Å². The number of rotatable bonds is 20. The predicted octanol–water partition coefficient (Wildman–Crippen LogP) is 4.94. The minimum atomic E-state index is -4.99. The molecule has 0 unspecified atom stereocenters. The van der Waals surface area contributed by atoms with E-state index in [4.69, 9.17) is 24.6 Å². The molecule has 21 nitrogen and oxygen atoms in total. The van der Waals surface area contributed by atoms with E-state index in [1.807, 2.05) is 0 Å². The number of anilines is 2. The van der Waals surface area contributed by atoms with Crippen molar-refractivity contribution in [2.75, 3.05) is 42.8 Å². The molecule has 0 aliphatic carbocycles. The third-order valence-electron chi connectivity index (χ3n) is 5.80. The topological polar surface area (TPSA) is 306 Å². The summed E-state index contributed by atoms with van der Waals surface area (Å²) >= 11 is 0.403. The highest BCUT2D eigenvalue weighted by atomic mass is 32.2. The summed E-state index contributed by atoms with van der Waals surface area (Å²) in [5, 5.41) is 41.6. The van der Waals surface area contributed by atoms with Gasteiger partial charge in [-0.3, -0.25) is 12.9 Å². The number of nitrogens with zero attached hydrogens (tertiary/aromatic N) is 4. The molecule has 0 fully saturated rings. The Morgan fingerprint density at radius 2 is 1.24 bits per heavy atom. The standard InChI is InChI=1S/C23H26N6O15S5/c1-25-21-13-18(24)20(28-26-15-2-4-16(5-3-15)47(32,33)10-8-39-45-43-41-30)14-22(21)29-27-19-7-6-17(12-23(19)49(36,37)38)48(34,35)11-9-40-46-44-42-31/h2-7,12-14,25,30-31H,8-11,24H2,1H3,(H,36,37,38). The highest BCUT2D eigenvalue weighted by molar-refractivity contribution is 7.92. The van der Waals surface area contributed by atoms with Gasteiger partial charge in [-0.2, -0.15) is 13.5 Å². The van der Waals surface area contributed by atoms with Crippen LogP contribution in [-0.4, -0.2) is 72.1 Å². The molecule has 6 N–H and O–H groups in total. The number of hydrogen-bond donors (Lipinski definition) is 5. The molecule has 0 atom stereocenters. The first-order chi connectivity index (χ1) is 23.2. The lowest BCUT2D eigenvalue weighted by atomic mass is 10.2. The maximum atomic E-state index is 12.7. The summed E-state index contributed by atoms with van der Waals surface area (Å²) in [7, 11) is -11.3. The molecule has 0 aliphatic rings. The Hall–Kier alpha value is -3.35. The van der Waals surface area contributed by atoms with Gasteiger partial charge in [0.05, 0.1) is 51.6 Å². The van der Waals surface area contributed by atoms with Crippen LogP contribution in [0.25, 0.3) is 0 Å². The van der Waals surface area contributed by atoms with Crippen molar-refractivity contribution in [1.82, 2.24) is 0 Å². The highest BCUT2D eigenvalue weighted by Gasteiger charge is 2.22. The van der Waals surface area contributed by atoms with Crippen LogP contribution in [0, 0.1) is 0 Å². The van der Waals surface area contributed by atoms with Crippen molar-refractivity contribution in [3.8, 4) is 0 Å². The van der Waals surface area contributed by atoms with E-state index in [9.17, 15) is 29.8 Å². The molecular weight excluding hydrogens is 761 g/mol. The fourth-order valence-corrected chi connectivity index (χ4v) is 7.10. The molecule has 0 saturated heterocycles. The number of nitrogens with two attached hydrogens (primary N) is 1. The average molecular weight is 787 g/mol. The molecule has 268 valence electrons. The zero-order valence-electron chi connectivity index (χ0n) is 24.7. The van der Waals surface area contributed by atoms with Crippen molar-refractivity contribution in [2.45, 2.75) is 14.7 Å². The molecule has 3 aromatic rings. The summed E-state index contributed by atoms with van der Waals surface area (Å²) < 4.78 is 102. The molecule has 0 aliphatic heterocycles. The Kier molecular flexibility index (Phi) is 15.2. The lowest BCUT2D eigenvalue weighted by molar-refractivity contribution is -0.434. The molecule has 0 radical (unpaired) electrons. The number of azo groups is 2. The van der Waals surface area contributed by atoms with Gasteiger partial charge in [-0.15, -0.1) is 24.0 Å². The highest BCUT2D eigenvalue weighted by Crippen LogP contribution is 2.38. The summed E-state index contributed by atoms with van der Waals surface area (Å²) in [6.07, 6.45) is 0. The van der Waals surface area contributed by atoms with Crippen molar-refractivity contribution >= 4 is 88.6 Å². The molecule has 0 saturated carbocycles. The average Bonchev–Trinajstić information content (AvgIpc) is 3.06. The van der Waals surface area contributed by atoms with Gasteiger partial charge in [-0.1, -0.05) is 10.1 Å². The maximum Gasteiger partial charge on any atom is 0.296 e. The first-order valence-electron chi connectivity index (χ1n) is 12.9. The smallest absolute Gasteiger partial charge is 0.296 e. The van der Waals surface area contributed by atoms with Crippen LogP contribution in [0.4, 0.5) is 34.1 Å². The third kappa shape index (κ3) is 12.2. The molecule has 49 heavy (non-hydrogen) atoms. The summed E-state index contributed by atoms with van der Waals surface area (Å²) in [6.45, 7) is -0.703. The number of benzene rings is 3. The van der Waals surface area contributed by atoms with E-state index in [1.165, 1.54) is 36.4 Å². The SMILES string of the molecule is CNc1cc(N)c(N=Nc2ccc(S(=O)(=O)CCOSOOO)cc2)cc1N=Nc1ccc(S(=O)(=O)CCOSOOO)cc1S(=O)(=O)O. The molecule has 3 aromatic carbocycles. The Labute approximate surface area is 287 Å². The lowest BCUT2D eigenvalue weighted by Crippen LogP contribution is -2.12. The van der Waals surface area contributed by atoms with Crippen molar-refractivity contribution in [2.24, 2.45) is 20.5 Å². The minimum Gasteiger partial charge on any atom is -0.397 e. The van der Waals surface area contributed by atoms with Crippen LogP contribution in [0.3, 0.4) is 0 Å². The van der Waals surface area contributed by atoms with Gasteiger partial charge in [-0.25, -0.2) is 27.4 Å². The van der Waals surface area contributed by atoms with Crippen LogP contribution in [0.15, 0.2) is 89.7 Å². The zero-order chi connectivity index (χ0) is 36.1. The van der Waals surface area contributed by atoms with Crippen molar-refractivity contribution in [3.05, 3.63) is 54.6 Å². The Morgan fingerprint density at radius 3 is 1.80 bits per heavy atom. The second kappa shape index (κ2) is 18.6. The second-order valence-corrected chi connectivity index (χ2v) is 15.5. The number of nitrogens with one attached hydrogen (secondary N) is 1. The van der Waals surface area contributed by atoms with E-state index >= 15 is 0 Å². The van der Waals surface area contributed by atoms with E-state index in [0.717, 1.165) is 12.1 Å². The van der Waals surface area contributed by atoms with Gasteiger partial charge in [0, 0.05) is 7.05 Å². The van der Waals surface area contributed by atoms with Crippen LogP contribution in [0.1, 0.15) is 0 Å². The molecule has 0 amide bonds. The molecule has 3 rings (SSSR count). The van der Waals surface area contributed by atoms with Gasteiger partial charge in [0.2, 0.25) is 0 Å². The normalized spacial score (nSPS) is 12.7. The van der Waals surface area contributed by atoms with Crippen LogP contribution >= 0.6 is 24.6 Å². The molecule has 0 bridgehead atoms. The summed E-state index contributed by atoms with van der Waals surface area (Å²) in [5.74, 6) is -1.03. The maximum absolute atomic E-state index is 12.7. The molecule has 0 spiro atoms. The fraction of sp³-hybridized carbons (Fsp3) is 0.217. The van der Waals surface area contributed by atoms with Gasteiger partial charge in [-0.05, 0) is 54.6 Å². The molecular formula is C23H26N6O15S5. The molecule has 0 heterocycles. The second-order valence-electron chi connectivity index (χ2n) is 8.88. The number of sulfone groups is 2. The molecule has 26 heteroatoms. The zero-order valence-corrected chi connectivity index (χ0v) is 28.8. The monoisotopic (exact) mass is 786 g/mol. The first kappa shape index (κ1) is 40.1. The van der Waals surface area contributed by atoms with Gasteiger partial charge in [0.25, 0.3) is 10.1 Å². The lowest BCUT2D eigenvalue weighted by Gasteiger charge is -2.09. The predicted molar refractivity (Wildman–Crippen MR) is 172 cm³/mol. The first-order valence-corrected chi connectivity index (χ1v) is 18.9.